The van der Waals surface area contributed by atoms with E-state index in [1.165, 1.54) is 5.56 Å². The molecule has 0 spiro atoms. The highest BCUT2D eigenvalue weighted by Gasteiger charge is 2.38. The molecule has 4 nitrogen and oxygen atoms in total. The van der Waals surface area contributed by atoms with Crippen molar-refractivity contribution in [3.63, 3.8) is 0 Å². The second-order valence-electron chi connectivity index (χ2n) is 7.65. The molecular formula is C22H21N3O. The summed E-state index contributed by atoms with van der Waals surface area (Å²) in [6.07, 6.45) is 1.18. The normalized spacial score (nSPS) is 20.8. The molecule has 2 heterocycles. The number of hydrogen-bond acceptors (Lipinski definition) is 4. The molecule has 2 aliphatic rings. The Labute approximate surface area is 153 Å². The van der Waals surface area contributed by atoms with Crippen molar-refractivity contribution in [3.8, 4) is 6.07 Å². The summed E-state index contributed by atoms with van der Waals surface area (Å²) in [6.45, 7) is 4.13. The van der Waals surface area contributed by atoms with Crippen LogP contribution >= 0.6 is 0 Å². The Kier molecular flexibility index (Phi) is 3.81. The van der Waals surface area contributed by atoms with Crippen molar-refractivity contribution in [2.45, 2.75) is 38.3 Å². The van der Waals surface area contributed by atoms with E-state index in [9.17, 15) is 4.79 Å². The molecular weight excluding hydrogens is 322 g/mol. The van der Waals surface area contributed by atoms with Crippen LogP contribution in [0.25, 0.3) is 0 Å². The Balaban J connectivity index is 1.87. The third-order valence-electron chi connectivity index (χ3n) is 5.06. The predicted molar refractivity (Wildman–Crippen MR) is 102 cm³/mol. The number of rotatable bonds is 1. The number of nitrogens with one attached hydrogen (secondary N) is 2. The Bertz CT molecular complexity index is 948. The van der Waals surface area contributed by atoms with E-state index in [1.54, 1.807) is 12.1 Å². The number of hydrogen-bond donors (Lipinski definition) is 2. The molecule has 0 saturated heterocycles. The van der Waals surface area contributed by atoms with E-state index in [-0.39, 0.29) is 17.4 Å². The van der Waals surface area contributed by atoms with Gasteiger partial charge in [-0.2, -0.15) is 5.26 Å². The summed E-state index contributed by atoms with van der Waals surface area (Å²) in [5.41, 5.74) is 5.39. The Morgan fingerprint density at radius 3 is 2.58 bits per heavy atom. The highest BCUT2D eigenvalue weighted by atomic mass is 16.1. The predicted octanol–water partition coefficient (Wildman–Crippen LogP) is 3.86. The van der Waals surface area contributed by atoms with Gasteiger partial charge in [0.1, 0.15) is 0 Å². The first-order valence-electron chi connectivity index (χ1n) is 8.86. The second-order valence-corrected chi connectivity index (χ2v) is 7.65. The van der Waals surface area contributed by atoms with Gasteiger partial charge in [-0.1, -0.05) is 30.3 Å². The fraction of sp³-hybridized carbons (Fsp3) is 0.273. The Morgan fingerprint density at radius 2 is 1.85 bits per heavy atom. The van der Waals surface area contributed by atoms with Crippen LogP contribution < -0.4 is 10.6 Å². The van der Waals surface area contributed by atoms with Gasteiger partial charge in [0.05, 0.1) is 17.7 Å². The first-order chi connectivity index (χ1) is 12.5. The van der Waals surface area contributed by atoms with Crippen LogP contribution in [0.15, 0.2) is 59.8 Å². The zero-order chi connectivity index (χ0) is 18.3. The van der Waals surface area contributed by atoms with Gasteiger partial charge in [-0.3, -0.25) is 4.79 Å². The maximum atomic E-state index is 13.1. The summed E-state index contributed by atoms with van der Waals surface area (Å²) < 4.78 is 0. The summed E-state index contributed by atoms with van der Waals surface area (Å²) in [5.74, 6) is 0.179. The zero-order valence-corrected chi connectivity index (χ0v) is 15.0. The molecule has 0 bridgehead atoms. The number of carbonyl (C=O) groups excluding carboxylic acids is 1. The molecule has 2 aromatic rings. The van der Waals surface area contributed by atoms with Crippen LogP contribution in [-0.2, 0) is 11.2 Å². The molecule has 0 fully saturated rings. The van der Waals surface area contributed by atoms with Gasteiger partial charge in [-0.25, -0.2) is 0 Å². The summed E-state index contributed by atoms with van der Waals surface area (Å²) in [5, 5.41) is 16.2. The topological polar surface area (TPSA) is 64.9 Å². The largest absolute Gasteiger partial charge is 0.382 e. The van der Waals surface area contributed by atoms with Crippen molar-refractivity contribution in [2.24, 2.45) is 0 Å². The van der Waals surface area contributed by atoms with Crippen molar-refractivity contribution in [1.29, 1.82) is 5.26 Å². The Hall–Kier alpha value is -3.06. The summed E-state index contributed by atoms with van der Waals surface area (Å²) >= 11 is 0. The summed E-state index contributed by atoms with van der Waals surface area (Å²) in [6, 6.07) is 17.6. The minimum atomic E-state index is -0.246. The first-order valence-corrected chi connectivity index (χ1v) is 8.86. The van der Waals surface area contributed by atoms with Crippen LogP contribution in [0.5, 0.6) is 0 Å². The lowest BCUT2D eigenvalue weighted by Gasteiger charge is -2.36. The number of Topliss-reactive ketones (excluding diaryl/α,β-unsaturated/α-hetero) is 1. The average Bonchev–Trinajstić information content (AvgIpc) is 2.77. The van der Waals surface area contributed by atoms with Crippen LogP contribution in [0.2, 0.25) is 0 Å². The molecule has 0 amide bonds. The molecule has 1 unspecified atom stereocenters. The van der Waals surface area contributed by atoms with Crippen LogP contribution in [0.3, 0.4) is 0 Å². The summed E-state index contributed by atoms with van der Waals surface area (Å²) in [4.78, 5) is 13.1. The highest BCUT2D eigenvalue weighted by Crippen LogP contribution is 2.39. The van der Waals surface area contributed by atoms with Gasteiger partial charge in [-0.05, 0) is 43.2 Å². The first kappa shape index (κ1) is 16.4. The molecule has 26 heavy (non-hydrogen) atoms. The Morgan fingerprint density at radius 1 is 1.12 bits per heavy atom. The van der Waals surface area contributed by atoms with E-state index in [2.05, 4.69) is 42.7 Å². The third kappa shape index (κ3) is 2.86. The average molecular weight is 343 g/mol. The van der Waals surface area contributed by atoms with Crippen LogP contribution in [0, 0.1) is 11.3 Å². The molecule has 0 saturated carbocycles. The molecule has 2 aliphatic heterocycles. The lowest BCUT2D eigenvalue weighted by atomic mass is 9.83. The van der Waals surface area contributed by atoms with Crippen molar-refractivity contribution in [3.05, 3.63) is 76.5 Å². The maximum absolute atomic E-state index is 13.1. The maximum Gasteiger partial charge on any atom is 0.165 e. The second kappa shape index (κ2) is 6.03. The van der Waals surface area contributed by atoms with Crippen molar-refractivity contribution in [2.75, 3.05) is 5.32 Å². The molecule has 0 aliphatic carbocycles. The molecule has 2 aromatic carbocycles. The molecule has 4 rings (SSSR count). The number of nitrogens with zero attached hydrogens (tertiary/aromatic N) is 1. The van der Waals surface area contributed by atoms with E-state index in [1.807, 2.05) is 24.3 Å². The fourth-order valence-electron chi connectivity index (χ4n) is 3.89. The smallest absolute Gasteiger partial charge is 0.165 e. The van der Waals surface area contributed by atoms with Crippen molar-refractivity contribution in [1.82, 2.24) is 5.32 Å². The molecule has 0 radical (unpaired) electrons. The number of carbonyl (C=O) groups is 1. The number of nitriles is 1. The minimum Gasteiger partial charge on any atom is -0.382 e. The number of allylic oxidation sites excluding steroid dienone is 1. The van der Waals surface area contributed by atoms with Gasteiger partial charge in [-0.15, -0.1) is 0 Å². The quantitative estimate of drug-likeness (QED) is 0.825. The number of ketones is 1. The van der Waals surface area contributed by atoms with E-state index in [0.29, 0.717) is 18.4 Å². The van der Waals surface area contributed by atoms with Gasteiger partial charge in [0.25, 0.3) is 0 Å². The fourth-order valence-corrected chi connectivity index (χ4v) is 3.89. The van der Waals surface area contributed by atoms with Gasteiger partial charge in [0.2, 0.25) is 0 Å². The molecule has 1 atom stereocenters. The number of anilines is 1. The van der Waals surface area contributed by atoms with Crippen LogP contribution in [0.1, 0.15) is 43.0 Å². The lowest BCUT2D eigenvalue weighted by Crippen LogP contribution is -2.47. The number of para-hydroxylation sites is 1. The molecule has 0 aromatic heterocycles. The molecule has 130 valence electrons. The van der Waals surface area contributed by atoms with E-state index >= 15 is 0 Å². The van der Waals surface area contributed by atoms with E-state index in [0.717, 1.165) is 22.5 Å². The molecule has 4 heteroatoms. The lowest BCUT2D eigenvalue weighted by molar-refractivity contribution is -0.117. The van der Waals surface area contributed by atoms with Gasteiger partial charge in [0.15, 0.2) is 5.78 Å². The van der Waals surface area contributed by atoms with Gasteiger partial charge < -0.3 is 10.6 Å². The summed E-state index contributed by atoms with van der Waals surface area (Å²) in [7, 11) is 0. The number of benzene rings is 2. The zero-order valence-electron chi connectivity index (χ0n) is 15.0. The van der Waals surface area contributed by atoms with Crippen LogP contribution in [0.4, 0.5) is 5.69 Å². The van der Waals surface area contributed by atoms with Gasteiger partial charge in [0, 0.05) is 35.3 Å². The standard InChI is InChI=1S/C22H21N3O/c1-22(2)12-19(26)20-18(25-22)11-16-5-3-4-6-17(16)24-21(20)15-9-7-14(13-23)8-10-15/h3-10,21,24-25H,11-12H2,1-2H3. The van der Waals surface area contributed by atoms with E-state index < -0.39 is 0 Å². The number of fused-ring (bicyclic) bond motifs is 1. The van der Waals surface area contributed by atoms with Crippen molar-refractivity contribution >= 4 is 11.5 Å². The third-order valence-corrected chi connectivity index (χ3v) is 5.06. The van der Waals surface area contributed by atoms with Gasteiger partial charge >= 0.3 is 0 Å². The SMILES string of the molecule is CC1(C)CC(=O)C2=C(Cc3ccccc3NC2c2ccc(C#N)cc2)N1. The monoisotopic (exact) mass is 343 g/mol. The van der Waals surface area contributed by atoms with Crippen LogP contribution in [-0.4, -0.2) is 11.3 Å². The minimum absolute atomic E-state index is 0.179. The molecule has 2 N–H and O–H groups in total. The highest BCUT2D eigenvalue weighted by molar-refractivity contribution is 6.00. The van der Waals surface area contributed by atoms with E-state index in [4.69, 9.17) is 5.26 Å². The van der Waals surface area contributed by atoms with Crippen molar-refractivity contribution < 1.29 is 4.79 Å².